The lowest BCUT2D eigenvalue weighted by atomic mass is 9.68. The van der Waals surface area contributed by atoms with E-state index in [0.717, 1.165) is 42.4 Å². The third-order valence-corrected chi connectivity index (χ3v) is 5.98. The standard InChI is InChI=1S/C19H26ClN3O2/c1-4-17(24)23-7-5-12(6-8-23)19(2,3)18(25)14-9-13(20)10-16-15(14)11-21-22-16/h9-12,18,25H,4-8H2,1-3H3,(H,21,22). The van der Waals surface area contributed by atoms with E-state index in [2.05, 4.69) is 24.0 Å². The predicted molar refractivity (Wildman–Crippen MR) is 99.4 cm³/mol. The largest absolute Gasteiger partial charge is 0.388 e. The average Bonchev–Trinajstić information content (AvgIpc) is 3.08. The fraction of sp³-hybridized carbons (Fsp3) is 0.579. The molecule has 0 saturated carbocycles. The van der Waals surface area contributed by atoms with E-state index in [9.17, 15) is 9.90 Å². The number of nitrogens with one attached hydrogen (secondary N) is 1. The van der Waals surface area contributed by atoms with Crippen molar-refractivity contribution < 1.29 is 9.90 Å². The highest BCUT2D eigenvalue weighted by atomic mass is 35.5. The number of amides is 1. The maximum absolute atomic E-state index is 11.9. The number of hydrogen-bond acceptors (Lipinski definition) is 3. The number of H-pyrrole nitrogens is 1. The van der Waals surface area contributed by atoms with Crippen LogP contribution in [0.1, 0.15) is 51.7 Å². The summed E-state index contributed by atoms with van der Waals surface area (Å²) in [6.07, 6.45) is 3.46. The number of carbonyl (C=O) groups excluding carboxylic acids is 1. The number of fused-ring (bicyclic) bond motifs is 1. The Hall–Kier alpha value is -1.59. The Morgan fingerprint density at radius 1 is 1.44 bits per heavy atom. The molecule has 1 unspecified atom stereocenters. The van der Waals surface area contributed by atoms with Crippen molar-refractivity contribution in [2.24, 2.45) is 11.3 Å². The van der Waals surface area contributed by atoms with Crippen molar-refractivity contribution >= 4 is 28.4 Å². The third-order valence-electron chi connectivity index (χ3n) is 5.76. The summed E-state index contributed by atoms with van der Waals surface area (Å²) in [6, 6.07) is 3.66. The zero-order valence-electron chi connectivity index (χ0n) is 15.1. The third kappa shape index (κ3) is 3.40. The van der Waals surface area contributed by atoms with Gasteiger partial charge in [-0.15, -0.1) is 0 Å². The molecular formula is C19H26ClN3O2. The lowest BCUT2D eigenvalue weighted by Gasteiger charge is -2.43. The van der Waals surface area contributed by atoms with Gasteiger partial charge < -0.3 is 10.0 Å². The topological polar surface area (TPSA) is 69.2 Å². The van der Waals surface area contributed by atoms with Crippen molar-refractivity contribution in [3.63, 3.8) is 0 Å². The zero-order chi connectivity index (χ0) is 18.2. The SMILES string of the molecule is CCC(=O)N1CCC(C(C)(C)C(O)c2cc(Cl)cc3[nH]ncc23)CC1. The summed E-state index contributed by atoms with van der Waals surface area (Å²) < 4.78 is 0. The molecule has 1 aromatic heterocycles. The van der Waals surface area contributed by atoms with Crippen molar-refractivity contribution in [2.45, 2.75) is 46.1 Å². The Bertz CT molecular complexity index is 763. The Balaban J connectivity index is 1.82. The van der Waals surface area contributed by atoms with Crippen molar-refractivity contribution in [3.05, 3.63) is 28.9 Å². The van der Waals surface area contributed by atoms with Gasteiger partial charge in [-0.3, -0.25) is 9.89 Å². The molecule has 2 aromatic rings. The molecule has 6 heteroatoms. The molecule has 0 radical (unpaired) electrons. The molecule has 3 rings (SSSR count). The van der Waals surface area contributed by atoms with Gasteiger partial charge in [0.15, 0.2) is 0 Å². The Labute approximate surface area is 153 Å². The first-order valence-corrected chi connectivity index (χ1v) is 9.30. The van der Waals surface area contributed by atoms with Crippen LogP contribution in [-0.2, 0) is 4.79 Å². The number of aromatic amines is 1. The second-order valence-electron chi connectivity index (χ2n) is 7.56. The molecule has 0 spiro atoms. The van der Waals surface area contributed by atoms with Gasteiger partial charge in [-0.05, 0) is 41.9 Å². The van der Waals surface area contributed by atoms with Gasteiger partial charge in [-0.2, -0.15) is 5.10 Å². The predicted octanol–water partition coefficient (Wildman–Crippen LogP) is 3.92. The smallest absolute Gasteiger partial charge is 0.222 e. The highest BCUT2D eigenvalue weighted by Gasteiger charge is 2.40. The van der Waals surface area contributed by atoms with Gasteiger partial charge in [-0.25, -0.2) is 0 Å². The van der Waals surface area contributed by atoms with Crippen LogP contribution in [0.3, 0.4) is 0 Å². The van der Waals surface area contributed by atoms with E-state index in [1.807, 2.05) is 24.0 Å². The second kappa shape index (κ2) is 6.96. The van der Waals surface area contributed by atoms with Gasteiger partial charge in [0.25, 0.3) is 0 Å². The molecule has 1 atom stereocenters. The first-order chi connectivity index (χ1) is 11.8. The van der Waals surface area contributed by atoms with Crippen molar-refractivity contribution in [1.29, 1.82) is 0 Å². The fourth-order valence-electron chi connectivity index (χ4n) is 3.99. The molecule has 25 heavy (non-hydrogen) atoms. The Morgan fingerprint density at radius 3 is 2.76 bits per heavy atom. The summed E-state index contributed by atoms with van der Waals surface area (Å²) in [7, 11) is 0. The highest BCUT2D eigenvalue weighted by Crippen LogP contribution is 2.46. The molecule has 0 bridgehead atoms. The maximum atomic E-state index is 11.9. The molecule has 2 heterocycles. The maximum Gasteiger partial charge on any atom is 0.222 e. The number of piperidine rings is 1. The molecule has 5 nitrogen and oxygen atoms in total. The number of aliphatic hydroxyl groups excluding tert-OH is 1. The van der Waals surface area contributed by atoms with Gasteiger partial charge in [0, 0.05) is 29.9 Å². The molecule has 1 amide bonds. The number of likely N-dealkylation sites (tertiary alicyclic amines) is 1. The van der Waals surface area contributed by atoms with E-state index in [-0.39, 0.29) is 11.3 Å². The number of halogens is 1. The van der Waals surface area contributed by atoms with E-state index in [1.54, 1.807) is 6.20 Å². The monoisotopic (exact) mass is 363 g/mol. The summed E-state index contributed by atoms with van der Waals surface area (Å²) in [6.45, 7) is 7.64. The molecule has 1 aliphatic rings. The van der Waals surface area contributed by atoms with Gasteiger partial charge in [0.2, 0.25) is 5.91 Å². The fourth-order valence-corrected chi connectivity index (χ4v) is 4.22. The van der Waals surface area contributed by atoms with Gasteiger partial charge in [0.05, 0.1) is 17.8 Å². The van der Waals surface area contributed by atoms with Crippen LogP contribution in [0, 0.1) is 11.3 Å². The molecule has 1 saturated heterocycles. The minimum atomic E-state index is -0.648. The number of rotatable bonds is 4. The molecule has 0 aliphatic carbocycles. The van der Waals surface area contributed by atoms with Crippen LogP contribution in [0.5, 0.6) is 0 Å². The summed E-state index contributed by atoms with van der Waals surface area (Å²) >= 11 is 6.23. The number of benzene rings is 1. The summed E-state index contributed by atoms with van der Waals surface area (Å²) in [4.78, 5) is 13.8. The minimum absolute atomic E-state index is 0.215. The normalized spacial score (nSPS) is 17.9. The quantitative estimate of drug-likeness (QED) is 0.864. The number of aromatic nitrogens is 2. The molecular weight excluding hydrogens is 338 g/mol. The number of aliphatic hydroxyl groups is 1. The van der Waals surface area contributed by atoms with Crippen LogP contribution in [0.25, 0.3) is 10.9 Å². The molecule has 1 aliphatic heterocycles. The van der Waals surface area contributed by atoms with Crippen LogP contribution in [0.4, 0.5) is 0 Å². The highest BCUT2D eigenvalue weighted by molar-refractivity contribution is 6.31. The zero-order valence-corrected chi connectivity index (χ0v) is 15.8. The molecule has 1 aromatic carbocycles. The van der Waals surface area contributed by atoms with E-state index in [1.165, 1.54) is 0 Å². The van der Waals surface area contributed by atoms with Crippen LogP contribution >= 0.6 is 11.6 Å². The summed E-state index contributed by atoms with van der Waals surface area (Å²) in [5.74, 6) is 0.552. The minimum Gasteiger partial charge on any atom is -0.388 e. The van der Waals surface area contributed by atoms with Crippen molar-refractivity contribution in [3.8, 4) is 0 Å². The van der Waals surface area contributed by atoms with Gasteiger partial charge >= 0.3 is 0 Å². The van der Waals surface area contributed by atoms with Crippen molar-refractivity contribution in [2.75, 3.05) is 13.1 Å². The molecule has 2 N–H and O–H groups in total. The van der Waals surface area contributed by atoms with Gasteiger partial charge in [-0.1, -0.05) is 32.4 Å². The van der Waals surface area contributed by atoms with Crippen LogP contribution in [-0.4, -0.2) is 39.2 Å². The second-order valence-corrected chi connectivity index (χ2v) is 8.00. The number of carbonyl (C=O) groups is 1. The lowest BCUT2D eigenvalue weighted by molar-refractivity contribution is -0.133. The van der Waals surface area contributed by atoms with Crippen LogP contribution < -0.4 is 0 Å². The number of nitrogens with zero attached hydrogens (tertiary/aromatic N) is 2. The van der Waals surface area contributed by atoms with E-state index >= 15 is 0 Å². The first kappa shape index (κ1) is 18.2. The molecule has 136 valence electrons. The van der Waals surface area contributed by atoms with Gasteiger partial charge in [0.1, 0.15) is 0 Å². The van der Waals surface area contributed by atoms with Crippen LogP contribution in [0.15, 0.2) is 18.3 Å². The van der Waals surface area contributed by atoms with Crippen molar-refractivity contribution in [1.82, 2.24) is 15.1 Å². The summed E-state index contributed by atoms with van der Waals surface area (Å²) in [5.41, 5.74) is 1.32. The van der Waals surface area contributed by atoms with E-state index in [4.69, 9.17) is 11.6 Å². The van der Waals surface area contributed by atoms with E-state index in [0.29, 0.717) is 17.4 Å². The number of hydrogen-bond donors (Lipinski definition) is 2. The van der Waals surface area contributed by atoms with Crippen LogP contribution in [0.2, 0.25) is 5.02 Å². The lowest BCUT2D eigenvalue weighted by Crippen LogP contribution is -2.43. The first-order valence-electron chi connectivity index (χ1n) is 8.93. The summed E-state index contributed by atoms with van der Waals surface area (Å²) in [5, 5.41) is 19.7. The van der Waals surface area contributed by atoms with E-state index < -0.39 is 6.10 Å². The Kier molecular flexibility index (Phi) is 5.07. The molecule has 1 fully saturated rings. The Morgan fingerprint density at radius 2 is 2.12 bits per heavy atom. The average molecular weight is 364 g/mol.